The van der Waals surface area contributed by atoms with Crippen LogP contribution in [0.1, 0.15) is 36.1 Å². The smallest absolute Gasteiger partial charge is 0.361 e. The molecule has 1 N–H and O–H groups in total. The summed E-state index contributed by atoms with van der Waals surface area (Å²) in [5, 5.41) is 0. The van der Waals surface area contributed by atoms with E-state index < -0.39 is 36.4 Å². The number of fused-ring (bicyclic) bond motifs is 1. The number of alkyl halides is 6. The largest absolute Gasteiger partial charge is 0.471 e. The third-order valence-electron chi connectivity index (χ3n) is 5.68. The van der Waals surface area contributed by atoms with Gasteiger partial charge in [0.2, 0.25) is 0 Å². The molecule has 0 saturated heterocycles. The summed E-state index contributed by atoms with van der Waals surface area (Å²) in [5.41, 5.74) is 0.131. The highest BCUT2D eigenvalue weighted by Crippen LogP contribution is 2.40. The van der Waals surface area contributed by atoms with E-state index in [4.69, 9.17) is 0 Å². The van der Waals surface area contributed by atoms with Gasteiger partial charge in [-0.3, -0.25) is 4.79 Å². The number of rotatable bonds is 4. The summed E-state index contributed by atoms with van der Waals surface area (Å²) >= 11 is 0. The third kappa shape index (κ3) is 4.80. The van der Waals surface area contributed by atoms with E-state index in [0.29, 0.717) is 28.6 Å². The molecule has 2 heterocycles. The van der Waals surface area contributed by atoms with Crippen LogP contribution in [-0.4, -0.2) is 39.5 Å². The molecule has 2 aromatic rings. The van der Waals surface area contributed by atoms with Crippen molar-refractivity contribution in [2.75, 3.05) is 11.4 Å². The molecular formula is C20H20F6N4O. The van der Waals surface area contributed by atoms with Crippen molar-refractivity contribution >= 4 is 11.6 Å². The SMILES string of the molecule is O=C(N1Cc2cc(C(F)(F)F)ccc2N(Cc2cnc[nH]2)C(CC2CC2)C1)C(F)(F)F. The number of carbonyl (C=O) groups is 1. The zero-order chi connectivity index (χ0) is 22.4. The monoisotopic (exact) mass is 446 g/mol. The number of imidazole rings is 1. The van der Waals surface area contributed by atoms with Crippen LogP contribution in [0.15, 0.2) is 30.7 Å². The predicted octanol–water partition coefficient (Wildman–Crippen LogP) is 4.51. The van der Waals surface area contributed by atoms with Crippen LogP contribution in [0.4, 0.5) is 32.0 Å². The predicted molar refractivity (Wildman–Crippen MR) is 98.8 cm³/mol. The zero-order valence-corrected chi connectivity index (χ0v) is 16.3. The lowest BCUT2D eigenvalue weighted by molar-refractivity contribution is -0.186. The van der Waals surface area contributed by atoms with E-state index in [9.17, 15) is 31.1 Å². The fraction of sp³-hybridized carbons (Fsp3) is 0.500. The minimum absolute atomic E-state index is 0.0326. The number of benzene rings is 1. The van der Waals surface area contributed by atoms with Crippen molar-refractivity contribution in [3.05, 3.63) is 47.5 Å². The lowest BCUT2D eigenvalue weighted by atomic mass is 10.0. The zero-order valence-electron chi connectivity index (χ0n) is 16.3. The molecule has 5 nitrogen and oxygen atoms in total. The molecule has 1 amide bonds. The number of nitrogens with zero attached hydrogens (tertiary/aromatic N) is 3. The Bertz CT molecular complexity index is 936. The molecule has 1 aliphatic carbocycles. The van der Waals surface area contributed by atoms with E-state index >= 15 is 0 Å². The van der Waals surface area contributed by atoms with Crippen molar-refractivity contribution in [1.29, 1.82) is 0 Å². The van der Waals surface area contributed by atoms with E-state index in [0.717, 1.165) is 25.0 Å². The maximum atomic E-state index is 13.3. The van der Waals surface area contributed by atoms with Crippen LogP contribution < -0.4 is 4.90 Å². The van der Waals surface area contributed by atoms with Gasteiger partial charge in [-0.1, -0.05) is 12.8 Å². The molecule has 0 radical (unpaired) electrons. The Morgan fingerprint density at radius 2 is 1.90 bits per heavy atom. The summed E-state index contributed by atoms with van der Waals surface area (Å²) < 4.78 is 79.5. The van der Waals surface area contributed by atoms with Crippen LogP contribution in [0.5, 0.6) is 0 Å². The number of hydrogen-bond donors (Lipinski definition) is 1. The maximum Gasteiger partial charge on any atom is 0.471 e. The van der Waals surface area contributed by atoms with Crippen LogP contribution >= 0.6 is 0 Å². The number of anilines is 1. The molecule has 1 unspecified atom stereocenters. The molecule has 1 saturated carbocycles. The topological polar surface area (TPSA) is 52.2 Å². The van der Waals surface area contributed by atoms with Crippen LogP contribution in [0.25, 0.3) is 0 Å². The van der Waals surface area contributed by atoms with Crippen molar-refractivity contribution in [3.8, 4) is 0 Å². The highest BCUT2D eigenvalue weighted by molar-refractivity contribution is 5.82. The van der Waals surface area contributed by atoms with Gasteiger partial charge in [0.05, 0.1) is 24.1 Å². The summed E-state index contributed by atoms with van der Waals surface area (Å²) in [4.78, 5) is 21.4. The van der Waals surface area contributed by atoms with Crippen LogP contribution in [-0.2, 0) is 24.1 Å². The first kappa shape index (κ1) is 21.5. The number of amides is 1. The van der Waals surface area contributed by atoms with E-state index in [-0.39, 0.29) is 18.7 Å². The standard InChI is InChI=1S/C20H20F6N4O/c21-19(22,23)14-3-4-17-13(6-14)8-29(18(31)20(24,25)26)10-16(5-12-1-2-12)30(17)9-15-7-27-11-28-15/h3-4,6-7,11-12,16H,1-2,5,8-10H2,(H,27,28). The summed E-state index contributed by atoms with van der Waals surface area (Å²) in [5.74, 6) is -1.71. The van der Waals surface area contributed by atoms with Crippen molar-refractivity contribution in [3.63, 3.8) is 0 Å². The quantitative estimate of drug-likeness (QED) is 0.704. The van der Waals surface area contributed by atoms with Crippen molar-refractivity contribution in [1.82, 2.24) is 14.9 Å². The highest BCUT2D eigenvalue weighted by Gasteiger charge is 2.45. The molecule has 11 heteroatoms. The Balaban J connectivity index is 1.78. The van der Waals surface area contributed by atoms with E-state index in [1.807, 2.05) is 0 Å². The number of nitrogens with one attached hydrogen (secondary N) is 1. The van der Waals surface area contributed by atoms with Gasteiger partial charge in [-0.2, -0.15) is 26.3 Å². The van der Waals surface area contributed by atoms with E-state index in [1.165, 1.54) is 12.4 Å². The molecule has 4 rings (SSSR count). The first-order valence-corrected chi connectivity index (χ1v) is 9.82. The molecule has 0 bridgehead atoms. The Labute approximate surface area is 174 Å². The second-order valence-corrected chi connectivity index (χ2v) is 8.06. The minimum atomic E-state index is -5.11. The number of halogens is 6. The summed E-state index contributed by atoms with van der Waals surface area (Å²) in [7, 11) is 0. The molecular weight excluding hydrogens is 426 g/mol. The van der Waals surface area contributed by atoms with Gasteiger partial charge in [-0.25, -0.2) is 4.98 Å². The number of H-pyrrole nitrogens is 1. The number of aromatic amines is 1. The summed E-state index contributed by atoms with van der Waals surface area (Å²) in [6, 6.07) is 2.58. The van der Waals surface area contributed by atoms with Crippen LogP contribution in [0.2, 0.25) is 0 Å². The molecule has 1 aliphatic heterocycles. The second kappa shape index (κ2) is 7.76. The third-order valence-corrected chi connectivity index (χ3v) is 5.68. The van der Waals surface area contributed by atoms with Gasteiger partial charge in [0, 0.05) is 31.0 Å². The average Bonchev–Trinajstić information content (AvgIpc) is 3.37. The van der Waals surface area contributed by atoms with Crippen molar-refractivity contribution < 1.29 is 31.1 Å². The Morgan fingerprint density at radius 1 is 1.16 bits per heavy atom. The Kier molecular flexibility index (Phi) is 5.38. The van der Waals surface area contributed by atoms with Gasteiger partial charge >= 0.3 is 18.3 Å². The Hall–Kier alpha value is -2.72. The Morgan fingerprint density at radius 3 is 2.48 bits per heavy atom. The van der Waals surface area contributed by atoms with Gasteiger partial charge in [-0.15, -0.1) is 0 Å². The maximum absolute atomic E-state index is 13.3. The lowest BCUT2D eigenvalue weighted by Gasteiger charge is -2.34. The van der Waals surface area contributed by atoms with Gasteiger partial charge in [0.15, 0.2) is 0 Å². The van der Waals surface area contributed by atoms with Crippen LogP contribution in [0, 0.1) is 5.92 Å². The van der Waals surface area contributed by atoms with Gasteiger partial charge in [0.1, 0.15) is 0 Å². The lowest BCUT2D eigenvalue weighted by Crippen LogP contribution is -2.47. The molecule has 1 fully saturated rings. The van der Waals surface area contributed by atoms with Gasteiger partial charge in [-0.05, 0) is 36.1 Å². The summed E-state index contributed by atoms with van der Waals surface area (Å²) in [6.45, 7) is -0.541. The molecule has 168 valence electrons. The van der Waals surface area contributed by atoms with Gasteiger partial charge in [0.25, 0.3) is 0 Å². The molecule has 1 aromatic heterocycles. The van der Waals surface area contributed by atoms with Gasteiger partial charge < -0.3 is 14.8 Å². The molecule has 0 spiro atoms. The van der Waals surface area contributed by atoms with Crippen molar-refractivity contribution in [2.45, 2.75) is 50.7 Å². The normalized spacial score (nSPS) is 19.9. The first-order chi connectivity index (χ1) is 14.5. The number of carbonyl (C=O) groups excluding carboxylic acids is 1. The van der Waals surface area contributed by atoms with E-state index in [1.54, 1.807) is 11.1 Å². The molecule has 1 aromatic carbocycles. The minimum Gasteiger partial charge on any atom is -0.361 e. The highest BCUT2D eigenvalue weighted by atomic mass is 19.4. The number of hydrogen-bond acceptors (Lipinski definition) is 3. The molecule has 31 heavy (non-hydrogen) atoms. The van der Waals surface area contributed by atoms with Crippen LogP contribution in [0.3, 0.4) is 0 Å². The number of aromatic nitrogens is 2. The fourth-order valence-corrected chi connectivity index (χ4v) is 4.03. The first-order valence-electron chi connectivity index (χ1n) is 9.82. The molecule has 2 aliphatic rings. The average molecular weight is 446 g/mol. The van der Waals surface area contributed by atoms with E-state index in [2.05, 4.69) is 9.97 Å². The second-order valence-electron chi connectivity index (χ2n) is 8.06. The summed E-state index contributed by atoms with van der Waals surface area (Å²) in [6.07, 6.45) is -4.30. The fourth-order valence-electron chi connectivity index (χ4n) is 4.03. The van der Waals surface area contributed by atoms with Crippen molar-refractivity contribution in [2.24, 2.45) is 5.92 Å². The molecule has 1 atom stereocenters.